The van der Waals surface area contributed by atoms with Gasteiger partial charge in [0, 0.05) is 19.0 Å². The van der Waals surface area contributed by atoms with E-state index in [1.807, 2.05) is 0 Å². The molecule has 20 heavy (non-hydrogen) atoms. The Morgan fingerprint density at radius 2 is 2.00 bits per heavy atom. The first-order valence-corrected chi connectivity index (χ1v) is 8.17. The van der Waals surface area contributed by atoms with Crippen LogP contribution in [0.2, 0.25) is 0 Å². The van der Waals surface area contributed by atoms with E-state index in [4.69, 9.17) is 0 Å². The highest BCUT2D eigenvalue weighted by Gasteiger charge is 2.32. The minimum atomic E-state index is -0.669. The molecule has 0 radical (unpaired) electrons. The average molecular weight is 284 g/mol. The predicted molar refractivity (Wildman–Crippen MR) is 82.6 cm³/mol. The van der Waals surface area contributed by atoms with Gasteiger partial charge in [-0.1, -0.05) is 27.2 Å². The van der Waals surface area contributed by atoms with Crippen molar-refractivity contribution in [3.8, 4) is 0 Å². The summed E-state index contributed by atoms with van der Waals surface area (Å²) >= 11 is 0. The molecule has 0 bridgehead atoms. The summed E-state index contributed by atoms with van der Waals surface area (Å²) in [5.41, 5.74) is -0.669. The lowest BCUT2D eigenvalue weighted by Gasteiger charge is -2.35. The molecule has 1 rings (SSSR count). The van der Waals surface area contributed by atoms with Gasteiger partial charge in [-0.05, 0) is 44.6 Å². The second kappa shape index (κ2) is 8.63. The third kappa shape index (κ3) is 6.71. The Hall–Kier alpha value is -0.610. The number of aliphatic hydroxyl groups is 1. The van der Waals surface area contributed by atoms with E-state index in [1.165, 1.54) is 6.42 Å². The van der Waals surface area contributed by atoms with Crippen molar-refractivity contribution in [2.45, 2.75) is 77.4 Å². The molecule has 0 aromatic rings. The van der Waals surface area contributed by atoms with Gasteiger partial charge in [0.15, 0.2) is 0 Å². The number of carbonyl (C=O) groups excluding carboxylic acids is 1. The van der Waals surface area contributed by atoms with E-state index in [1.54, 1.807) is 0 Å². The lowest BCUT2D eigenvalue weighted by atomic mass is 9.78. The molecular formula is C16H32N2O2. The maximum Gasteiger partial charge on any atom is 0.220 e. The SMILES string of the molecule is CCC1CCC(O)(CNC(=O)CCCNC(C)C)CC1. The van der Waals surface area contributed by atoms with Gasteiger partial charge in [0.05, 0.1) is 5.60 Å². The van der Waals surface area contributed by atoms with Crippen LogP contribution in [-0.2, 0) is 4.79 Å². The molecule has 0 aliphatic heterocycles. The van der Waals surface area contributed by atoms with Crippen LogP contribution in [0.4, 0.5) is 0 Å². The molecular weight excluding hydrogens is 252 g/mol. The Morgan fingerprint density at radius 3 is 2.55 bits per heavy atom. The standard InChI is InChI=1S/C16H32N2O2/c1-4-14-7-9-16(20,10-8-14)12-18-15(19)6-5-11-17-13(2)3/h13-14,17,20H,4-12H2,1-3H3,(H,18,19). The van der Waals surface area contributed by atoms with Crippen LogP contribution in [0, 0.1) is 5.92 Å². The van der Waals surface area contributed by atoms with Crippen molar-refractivity contribution in [2.24, 2.45) is 5.92 Å². The molecule has 118 valence electrons. The second-order valence-corrected chi connectivity index (χ2v) is 6.57. The van der Waals surface area contributed by atoms with Crippen molar-refractivity contribution < 1.29 is 9.90 Å². The zero-order valence-electron chi connectivity index (χ0n) is 13.4. The lowest BCUT2D eigenvalue weighted by Crippen LogP contribution is -2.45. The van der Waals surface area contributed by atoms with Crippen LogP contribution in [0.1, 0.15) is 65.7 Å². The fourth-order valence-electron chi connectivity index (χ4n) is 2.79. The van der Waals surface area contributed by atoms with E-state index in [0.717, 1.165) is 44.6 Å². The van der Waals surface area contributed by atoms with Crippen LogP contribution in [0.3, 0.4) is 0 Å². The van der Waals surface area contributed by atoms with Crippen LogP contribution in [0.25, 0.3) is 0 Å². The van der Waals surface area contributed by atoms with Crippen LogP contribution in [0.15, 0.2) is 0 Å². The lowest BCUT2D eigenvalue weighted by molar-refractivity contribution is -0.123. The van der Waals surface area contributed by atoms with E-state index in [0.29, 0.717) is 19.0 Å². The quantitative estimate of drug-likeness (QED) is 0.599. The predicted octanol–water partition coefficient (Wildman–Crippen LogP) is 2.21. The Bertz CT molecular complexity index is 284. The highest BCUT2D eigenvalue weighted by Crippen LogP contribution is 2.33. The van der Waals surface area contributed by atoms with Gasteiger partial charge in [-0.2, -0.15) is 0 Å². The molecule has 1 fully saturated rings. The molecule has 1 aliphatic carbocycles. The molecule has 1 saturated carbocycles. The van der Waals surface area contributed by atoms with Crippen molar-refractivity contribution in [1.82, 2.24) is 10.6 Å². The number of nitrogens with one attached hydrogen (secondary N) is 2. The third-order valence-corrected chi connectivity index (χ3v) is 4.36. The largest absolute Gasteiger partial charge is 0.388 e. The van der Waals surface area contributed by atoms with Crippen molar-refractivity contribution >= 4 is 5.91 Å². The van der Waals surface area contributed by atoms with Crippen molar-refractivity contribution in [1.29, 1.82) is 0 Å². The van der Waals surface area contributed by atoms with Crippen molar-refractivity contribution in [2.75, 3.05) is 13.1 Å². The zero-order valence-corrected chi connectivity index (χ0v) is 13.4. The van der Waals surface area contributed by atoms with Crippen molar-refractivity contribution in [3.05, 3.63) is 0 Å². The Kier molecular flexibility index (Phi) is 7.52. The van der Waals surface area contributed by atoms with Gasteiger partial charge in [0.1, 0.15) is 0 Å². The van der Waals surface area contributed by atoms with Crippen LogP contribution < -0.4 is 10.6 Å². The van der Waals surface area contributed by atoms with Gasteiger partial charge in [0.2, 0.25) is 5.91 Å². The molecule has 0 aromatic carbocycles. The highest BCUT2D eigenvalue weighted by atomic mass is 16.3. The number of carbonyl (C=O) groups is 1. The van der Waals surface area contributed by atoms with E-state index < -0.39 is 5.60 Å². The minimum absolute atomic E-state index is 0.0570. The smallest absolute Gasteiger partial charge is 0.220 e. The van der Waals surface area contributed by atoms with Crippen LogP contribution in [0.5, 0.6) is 0 Å². The first-order chi connectivity index (χ1) is 9.45. The Balaban J connectivity index is 2.14. The van der Waals surface area contributed by atoms with Gasteiger partial charge in [-0.25, -0.2) is 0 Å². The van der Waals surface area contributed by atoms with Crippen molar-refractivity contribution in [3.63, 3.8) is 0 Å². The fraction of sp³-hybridized carbons (Fsp3) is 0.938. The van der Waals surface area contributed by atoms with Crippen LogP contribution in [-0.4, -0.2) is 35.7 Å². The van der Waals surface area contributed by atoms with Gasteiger partial charge in [-0.3, -0.25) is 4.79 Å². The van der Waals surface area contributed by atoms with Gasteiger partial charge in [-0.15, -0.1) is 0 Å². The maximum absolute atomic E-state index is 11.7. The van der Waals surface area contributed by atoms with E-state index >= 15 is 0 Å². The summed E-state index contributed by atoms with van der Waals surface area (Å²) < 4.78 is 0. The monoisotopic (exact) mass is 284 g/mol. The summed E-state index contributed by atoms with van der Waals surface area (Å²) in [5.74, 6) is 0.815. The molecule has 0 spiro atoms. The maximum atomic E-state index is 11.7. The normalized spacial score (nSPS) is 26.8. The fourth-order valence-corrected chi connectivity index (χ4v) is 2.79. The van der Waals surface area contributed by atoms with E-state index in [9.17, 15) is 9.90 Å². The van der Waals surface area contributed by atoms with Crippen LogP contribution >= 0.6 is 0 Å². The molecule has 0 unspecified atom stereocenters. The Labute approximate surface area is 123 Å². The molecule has 1 aliphatic rings. The summed E-state index contributed by atoms with van der Waals surface area (Å²) in [6.45, 7) is 7.69. The van der Waals surface area contributed by atoms with E-state index in [-0.39, 0.29) is 5.91 Å². The molecule has 4 heteroatoms. The first-order valence-electron chi connectivity index (χ1n) is 8.17. The molecule has 1 amide bonds. The molecule has 0 saturated heterocycles. The van der Waals surface area contributed by atoms with Gasteiger partial charge < -0.3 is 15.7 Å². The second-order valence-electron chi connectivity index (χ2n) is 6.57. The number of amides is 1. The molecule has 0 atom stereocenters. The molecule has 0 aromatic heterocycles. The topological polar surface area (TPSA) is 61.4 Å². The summed E-state index contributed by atoms with van der Waals surface area (Å²) in [6.07, 6.45) is 6.39. The zero-order chi connectivity index (χ0) is 15.0. The summed E-state index contributed by atoms with van der Waals surface area (Å²) in [6, 6.07) is 0.465. The average Bonchev–Trinajstić information content (AvgIpc) is 2.42. The summed E-state index contributed by atoms with van der Waals surface area (Å²) in [4.78, 5) is 11.7. The molecule has 4 nitrogen and oxygen atoms in total. The Morgan fingerprint density at radius 1 is 1.35 bits per heavy atom. The highest BCUT2D eigenvalue weighted by molar-refractivity contribution is 5.75. The minimum Gasteiger partial charge on any atom is -0.388 e. The molecule has 3 N–H and O–H groups in total. The number of hydrogen-bond donors (Lipinski definition) is 3. The third-order valence-electron chi connectivity index (χ3n) is 4.36. The first kappa shape index (κ1) is 17.4. The van der Waals surface area contributed by atoms with Gasteiger partial charge >= 0.3 is 0 Å². The number of rotatable bonds is 8. The van der Waals surface area contributed by atoms with Gasteiger partial charge in [0.25, 0.3) is 0 Å². The summed E-state index contributed by atoms with van der Waals surface area (Å²) in [7, 11) is 0. The summed E-state index contributed by atoms with van der Waals surface area (Å²) in [5, 5.41) is 16.6. The molecule has 0 heterocycles. The number of hydrogen-bond acceptors (Lipinski definition) is 3. The van der Waals surface area contributed by atoms with E-state index in [2.05, 4.69) is 31.4 Å².